The molecule has 0 saturated heterocycles. The van der Waals surface area contributed by atoms with Crippen LogP contribution in [0.15, 0.2) is 47.1 Å². The SMILES string of the molecule is CC(Nc1ccc(CO)cc1)c1ccco1. The summed E-state index contributed by atoms with van der Waals surface area (Å²) < 4.78 is 5.31. The maximum atomic E-state index is 8.93. The molecule has 0 radical (unpaired) electrons. The van der Waals surface area contributed by atoms with Crippen LogP contribution in [0.2, 0.25) is 0 Å². The minimum absolute atomic E-state index is 0.0774. The minimum Gasteiger partial charge on any atom is -0.467 e. The average Bonchev–Trinajstić information content (AvgIpc) is 2.83. The highest BCUT2D eigenvalue weighted by Gasteiger charge is 2.07. The molecule has 1 heterocycles. The summed E-state index contributed by atoms with van der Waals surface area (Å²) in [5.74, 6) is 0.909. The highest BCUT2D eigenvalue weighted by atomic mass is 16.3. The highest BCUT2D eigenvalue weighted by Crippen LogP contribution is 2.19. The van der Waals surface area contributed by atoms with Gasteiger partial charge in [-0.1, -0.05) is 12.1 Å². The van der Waals surface area contributed by atoms with Crippen LogP contribution < -0.4 is 5.32 Å². The maximum absolute atomic E-state index is 8.93. The van der Waals surface area contributed by atoms with Gasteiger partial charge < -0.3 is 14.8 Å². The van der Waals surface area contributed by atoms with E-state index in [0.717, 1.165) is 17.0 Å². The molecule has 1 unspecified atom stereocenters. The van der Waals surface area contributed by atoms with Crippen molar-refractivity contribution < 1.29 is 9.52 Å². The van der Waals surface area contributed by atoms with E-state index in [0.29, 0.717) is 0 Å². The molecule has 3 nitrogen and oxygen atoms in total. The van der Waals surface area contributed by atoms with Crippen molar-refractivity contribution in [2.75, 3.05) is 5.32 Å². The zero-order valence-electron chi connectivity index (χ0n) is 9.18. The monoisotopic (exact) mass is 217 g/mol. The summed E-state index contributed by atoms with van der Waals surface area (Å²) in [4.78, 5) is 0. The Labute approximate surface area is 94.7 Å². The number of furan rings is 1. The van der Waals surface area contributed by atoms with Gasteiger partial charge in [-0.15, -0.1) is 0 Å². The third-order valence-corrected chi connectivity index (χ3v) is 2.49. The molecule has 2 N–H and O–H groups in total. The van der Waals surface area contributed by atoms with Crippen LogP contribution in [-0.2, 0) is 6.61 Å². The molecule has 84 valence electrons. The minimum atomic E-state index is 0.0774. The van der Waals surface area contributed by atoms with Crippen molar-refractivity contribution in [2.24, 2.45) is 0 Å². The number of aliphatic hydroxyl groups is 1. The van der Waals surface area contributed by atoms with Crippen LogP contribution in [0.25, 0.3) is 0 Å². The number of benzene rings is 1. The molecule has 1 aromatic heterocycles. The van der Waals surface area contributed by atoms with Crippen molar-refractivity contribution in [3.63, 3.8) is 0 Å². The van der Waals surface area contributed by atoms with Crippen molar-refractivity contribution in [1.82, 2.24) is 0 Å². The van der Waals surface area contributed by atoms with Crippen molar-refractivity contribution in [3.05, 3.63) is 54.0 Å². The van der Waals surface area contributed by atoms with E-state index in [1.165, 1.54) is 0 Å². The fourth-order valence-corrected chi connectivity index (χ4v) is 1.57. The summed E-state index contributed by atoms with van der Waals surface area (Å²) in [5, 5.41) is 12.2. The molecular weight excluding hydrogens is 202 g/mol. The first-order valence-electron chi connectivity index (χ1n) is 5.29. The third kappa shape index (κ3) is 2.44. The molecule has 0 bridgehead atoms. The van der Waals surface area contributed by atoms with Gasteiger partial charge in [-0.05, 0) is 36.8 Å². The van der Waals surface area contributed by atoms with Gasteiger partial charge in [0, 0.05) is 5.69 Å². The second-order valence-corrected chi connectivity index (χ2v) is 3.74. The van der Waals surface area contributed by atoms with E-state index in [2.05, 4.69) is 5.32 Å². The van der Waals surface area contributed by atoms with E-state index in [9.17, 15) is 0 Å². The molecule has 2 aromatic rings. The van der Waals surface area contributed by atoms with E-state index in [1.807, 2.05) is 43.3 Å². The molecule has 0 aliphatic rings. The number of hydrogen-bond donors (Lipinski definition) is 2. The van der Waals surface area contributed by atoms with Gasteiger partial charge in [0.2, 0.25) is 0 Å². The first kappa shape index (κ1) is 10.8. The number of hydrogen-bond acceptors (Lipinski definition) is 3. The van der Waals surface area contributed by atoms with E-state index < -0.39 is 0 Å². The van der Waals surface area contributed by atoms with Gasteiger partial charge in [-0.2, -0.15) is 0 Å². The van der Waals surface area contributed by atoms with Crippen molar-refractivity contribution in [2.45, 2.75) is 19.6 Å². The quantitative estimate of drug-likeness (QED) is 0.827. The van der Waals surface area contributed by atoms with E-state index in [4.69, 9.17) is 9.52 Å². The smallest absolute Gasteiger partial charge is 0.125 e. The lowest BCUT2D eigenvalue weighted by Gasteiger charge is -2.12. The molecule has 0 aliphatic heterocycles. The zero-order chi connectivity index (χ0) is 11.4. The van der Waals surface area contributed by atoms with Crippen LogP contribution in [0, 0.1) is 0 Å². The van der Waals surface area contributed by atoms with E-state index in [1.54, 1.807) is 6.26 Å². The molecular formula is C13H15NO2. The second-order valence-electron chi connectivity index (χ2n) is 3.74. The Morgan fingerprint density at radius 2 is 2.00 bits per heavy atom. The zero-order valence-corrected chi connectivity index (χ0v) is 9.18. The molecule has 2 rings (SSSR count). The van der Waals surface area contributed by atoms with Gasteiger partial charge in [-0.25, -0.2) is 0 Å². The Kier molecular flexibility index (Phi) is 3.27. The summed E-state index contributed by atoms with van der Waals surface area (Å²) in [6.07, 6.45) is 1.67. The number of rotatable bonds is 4. The number of aliphatic hydroxyl groups excluding tert-OH is 1. The molecule has 0 aliphatic carbocycles. The molecule has 0 amide bonds. The molecule has 0 spiro atoms. The maximum Gasteiger partial charge on any atom is 0.125 e. The Bertz CT molecular complexity index is 420. The molecule has 16 heavy (non-hydrogen) atoms. The van der Waals surface area contributed by atoms with E-state index in [-0.39, 0.29) is 12.6 Å². The van der Waals surface area contributed by atoms with Crippen LogP contribution in [0.1, 0.15) is 24.3 Å². The molecule has 0 saturated carbocycles. The predicted molar refractivity (Wildman–Crippen MR) is 63.1 cm³/mol. The highest BCUT2D eigenvalue weighted by molar-refractivity contribution is 5.45. The predicted octanol–water partition coefficient (Wildman–Crippen LogP) is 2.95. The van der Waals surface area contributed by atoms with Gasteiger partial charge in [0.15, 0.2) is 0 Å². The lowest BCUT2D eigenvalue weighted by Crippen LogP contribution is -2.05. The summed E-state index contributed by atoms with van der Waals surface area (Å²) in [5.41, 5.74) is 1.93. The van der Waals surface area contributed by atoms with Crippen LogP contribution in [0.3, 0.4) is 0 Å². The topological polar surface area (TPSA) is 45.4 Å². The fourth-order valence-electron chi connectivity index (χ4n) is 1.57. The molecule has 1 atom stereocenters. The summed E-state index contributed by atoms with van der Waals surface area (Å²) >= 11 is 0. The Balaban J connectivity index is 2.03. The summed E-state index contributed by atoms with van der Waals surface area (Å²) in [6.45, 7) is 2.12. The molecule has 0 fully saturated rings. The van der Waals surface area contributed by atoms with Crippen molar-refractivity contribution >= 4 is 5.69 Å². The standard InChI is InChI=1S/C13H15NO2/c1-10(13-3-2-8-16-13)14-12-6-4-11(9-15)5-7-12/h2-8,10,14-15H,9H2,1H3. The van der Waals surface area contributed by atoms with Crippen molar-refractivity contribution in [1.29, 1.82) is 0 Å². The van der Waals surface area contributed by atoms with Crippen LogP contribution in [0.4, 0.5) is 5.69 Å². The van der Waals surface area contributed by atoms with Gasteiger partial charge in [-0.3, -0.25) is 0 Å². The van der Waals surface area contributed by atoms with Crippen molar-refractivity contribution in [3.8, 4) is 0 Å². The normalized spacial score (nSPS) is 12.4. The fraction of sp³-hybridized carbons (Fsp3) is 0.231. The van der Waals surface area contributed by atoms with Gasteiger partial charge >= 0.3 is 0 Å². The average molecular weight is 217 g/mol. The Hall–Kier alpha value is -1.74. The van der Waals surface area contributed by atoms with Crippen LogP contribution in [-0.4, -0.2) is 5.11 Å². The van der Waals surface area contributed by atoms with E-state index >= 15 is 0 Å². The Morgan fingerprint density at radius 3 is 2.56 bits per heavy atom. The van der Waals surface area contributed by atoms with Gasteiger partial charge in [0.1, 0.15) is 5.76 Å². The molecule has 1 aromatic carbocycles. The summed E-state index contributed by atoms with van der Waals surface area (Å²) in [6, 6.07) is 11.7. The molecule has 3 heteroatoms. The summed E-state index contributed by atoms with van der Waals surface area (Å²) in [7, 11) is 0. The largest absolute Gasteiger partial charge is 0.467 e. The van der Waals surface area contributed by atoms with Crippen LogP contribution >= 0.6 is 0 Å². The second kappa shape index (κ2) is 4.86. The third-order valence-electron chi connectivity index (χ3n) is 2.49. The lowest BCUT2D eigenvalue weighted by molar-refractivity contribution is 0.282. The first-order valence-corrected chi connectivity index (χ1v) is 5.29. The van der Waals surface area contributed by atoms with Crippen LogP contribution in [0.5, 0.6) is 0 Å². The van der Waals surface area contributed by atoms with Gasteiger partial charge in [0.25, 0.3) is 0 Å². The lowest BCUT2D eigenvalue weighted by atomic mass is 10.2. The Morgan fingerprint density at radius 1 is 1.25 bits per heavy atom. The number of nitrogens with one attached hydrogen (secondary N) is 1. The number of anilines is 1. The first-order chi connectivity index (χ1) is 7.79. The van der Waals surface area contributed by atoms with Gasteiger partial charge in [0.05, 0.1) is 18.9 Å².